The average Bonchev–Trinajstić information content (AvgIpc) is 3.07. The summed E-state index contributed by atoms with van der Waals surface area (Å²) in [6, 6.07) is 13.1. The summed E-state index contributed by atoms with van der Waals surface area (Å²) in [5, 5.41) is 2.86. The highest BCUT2D eigenvalue weighted by Gasteiger charge is 2.13. The number of fused-ring (bicyclic) bond motifs is 1. The highest BCUT2D eigenvalue weighted by atomic mass is 16.1. The van der Waals surface area contributed by atoms with E-state index in [4.69, 9.17) is 4.98 Å². The van der Waals surface area contributed by atoms with Crippen molar-refractivity contribution in [3.8, 4) is 11.3 Å². The molecule has 5 nitrogen and oxygen atoms in total. The quantitative estimate of drug-likeness (QED) is 0.803. The van der Waals surface area contributed by atoms with Gasteiger partial charge in [-0.15, -0.1) is 0 Å². The van der Waals surface area contributed by atoms with Gasteiger partial charge in [-0.05, 0) is 37.1 Å². The monoisotopic (exact) mass is 318 g/mol. The van der Waals surface area contributed by atoms with E-state index in [1.165, 1.54) is 18.7 Å². The lowest BCUT2D eigenvalue weighted by Crippen LogP contribution is -2.13. The number of aromatic nitrogens is 3. The number of hydrogen-bond acceptors (Lipinski definition) is 3. The molecule has 1 aromatic carbocycles. The van der Waals surface area contributed by atoms with Gasteiger partial charge in [0, 0.05) is 36.6 Å². The number of amides is 1. The van der Waals surface area contributed by atoms with Crippen molar-refractivity contribution in [1.29, 1.82) is 0 Å². The SMILES string of the molecule is O=C(Nc1ccc(-c2cn3c(n2)CCCC3)cc1)c1ccccn1. The third-order valence-corrected chi connectivity index (χ3v) is 4.24. The summed E-state index contributed by atoms with van der Waals surface area (Å²) in [5.41, 5.74) is 3.21. The van der Waals surface area contributed by atoms with E-state index in [2.05, 4.69) is 21.1 Å². The van der Waals surface area contributed by atoms with E-state index in [-0.39, 0.29) is 5.91 Å². The standard InChI is InChI=1S/C19H18N4O/c24-19(16-5-1-3-11-20-16)21-15-9-7-14(8-10-15)17-13-23-12-4-2-6-18(23)22-17/h1,3,5,7-11,13H,2,4,6,12H2,(H,21,24). The van der Waals surface area contributed by atoms with E-state index in [1.54, 1.807) is 24.4 Å². The molecule has 3 aromatic rings. The summed E-state index contributed by atoms with van der Waals surface area (Å²) in [7, 11) is 0. The molecule has 0 radical (unpaired) electrons. The predicted molar refractivity (Wildman–Crippen MR) is 92.8 cm³/mol. The number of nitrogens with one attached hydrogen (secondary N) is 1. The molecule has 1 aliphatic rings. The van der Waals surface area contributed by atoms with Crippen LogP contribution in [0, 0.1) is 0 Å². The maximum atomic E-state index is 12.1. The second kappa shape index (κ2) is 6.28. The Kier molecular flexibility index (Phi) is 3.83. The van der Waals surface area contributed by atoms with E-state index in [1.807, 2.05) is 24.3 Å². The lowest BCUT2D eigenvalue weighted by atomic mass is 10.1. The molecular formula is C19H18N4O. The minimum atomic E-state index is -0.208. The minimum absolute atomic E-state index is 0.208. The number of imidazole rings is 1. The fourth-order valence-electron chi connectivity index (χ4n) is 2.97. The smallest absolute Gasteiger partial charge is 0.274 e. The van der Waals surface area contributed by atoms with Gasteiger partial charge >= 0.3 is 0 Å². The molecule has 1 aliphatic heterocycles. The molecule has 120 valence electrons. The number of aryl methyl sites for hydroxylation is 2. The Morgan fingerprint density at radius 3 is 2.71 bits per heavy atom. The maximum Gasteiger partial charge on any atom is 0.274 e. The molecule has 0 fully saturated rings. The third-order valence-electron chi connectivity index (χ3n) is 4.24. The molecule has 0 saturated heterocycles. The van der Waals surface area contributed by atoms with Crippen molar-refractivity contribution in [2.24, 2.45) is 0 Å². The topological polar surface area (TPSA) is 59.8 Å². The first-order valence-electron chi connectivity index (χ1n) is 8.18. The van der Waals surface area contributed by atoms with Crippen LogP contribution in [0.25, 0.3) is 11.3 Å². The maximum absolute atomic E-state index is 12.1. The van der Waals surface area contributed by atoms with Gasteiger partial charge in [0.15, 0.2) is 0 Å². The number of hydrogen-bond donors (Lipinski definition) is 1. The predicted octanol–water partition coefficient (Wildman–Crippen LogP) is 3.53. The molecule has 24 heavy (non-hydrogen) atoms. The van der Waals surface area contributed by atoms with Gasteiger partial charge in [0.1, 0.15) is 11.5 Å². The second-order valence-corrected chi connectivity index (χ2v) is 5.94. The molecule has 0 saturated carbocycles. The molecular weight excluding hydrogens is 300 g/mol. The highest BCUT2D eigenvalue weighted by Crippen LogP contribution is 2.24. The Morgan fingerprint density at radius 2 is 1.96 bits per heavy atom. The summed E-state index contributed by atoms with van der Waals surface area (Å²) >= 11 is 0. The van der Waals surface area contributed by atoms with Gasteiger partial charge in [0.05, 0.1) is 5.69 Å². The summed E-state index contributed by atoms with van der Waals surface area (Å²) in [4.78, 5) is 20.9. The zero-order chi connectivity index (χ0) is 16.4. The lowest BCUT2D eigenvalue weighted by molar-refractivity contribution is 0.102. The normalized spacial score (nSPS) is 13.3. The summed E-state index contributed by atoms with van der Waals surface area (Å²) < 4.78 is 2.25. The van der Waals surface area contributed by atoms with Gasteiger partial charge in [0.2, 0.25) is 0 Å². The van der Waals surface area contributed by atoms with Crippen molar-refractivity contribution in [1.82, 2.24) is 14.5 Å². The van der Waals surface area contributed by atoms with Crippen molar-refractivity contribution < 1.29 is 4.79 Å². The van der Waals surface area contributed by atoms with Crippen LogP contribution in [0.2, 0.25) is 0 Å². The zero-order valence-electron chi connectivity index (χ0n) is 13.3. The van der Waals surface area contributed by atoms with Crippen molar-refractivity contribution >= 4 is 11.6 Å². The third kappa shape index (κ3) is 2.93. The van der Waals surface area contributed by atoms with Gasteiger partial charge in [-0.1, -0.05) is 18.2 Å². The Bertz CT molecular complexity index is 829. The van der Waals surface area contributed by atoms with E-state index in [9.17, 15) is 4.79 Å². The summed E-state index contributed by atoms with van der Waals surface area (Å²) in [6.45, 7) is 1.06. The van der Waals surface area contributed by atoms with Gasteiger partial charge in [-0.3, -0.25) is 9.78 Å². The molecule has 1 amide bonds. The van der Waals surface area contributed by atoms with Crippen LogP contribution in [-0.4, -0.2) is 20.4 Å². The second-order valence-electron chi connectivity index (χ2n) is 5.94. The molecule has 0 bridgehead atoms. The fourth-order valence-corrected chi connectivity index (χ4v) is 2.97. The van der Waals surface area contributed by atoms with Crippen LogP contribution in [0.15, 0.2) is 54.9 Å². The Morgan fingerprint density at radius 1 is 1.08 bits per heavy atom. The molecule has 0 spiro atoms. The van der Waals surface area contributed by atoms with E-state index in [0.717, 1.165) is 29.9 Å². The Labute approximate surface area is 140 Å². The van der Waals surface area contributed by atoms with Crippen LogP contribution in [0.4, 0.5) is 5.69 Å². The molecule has 3 heterocycles. The van der Waals surface area contributed by atoms with Gasteiger partial charge in [-0.2, -0.15) is 0 Å². The number of anilines is 1. The van der Waals surface area contributed by atoms with Crippen molar-refractivity contribution in [3.05, 3.63) is 66.4 Å². The van der Waals surface area contributed by atoms with Crippen LogP contribution in [0.3, 0.4) is 0 Å². The van der Waals surface area contributed by atoms with Crippen LogP contribution < -0.4 is 5.32 Å². The molecule has 1 N–H and O–H groups in total. The van der Waals surface area contributed by atoms with Crippen LogP contribution >= 0.6 is 0 Å². The number of carbonyl (C=O) groups is 1. The first-order valence-corrected chi connectivity index (χ1v) is 8.18. The van der Waals surface area contributed by atoms with Crippen LogP contribution in [-0.2, 0) is 13.0 Å². The molecule has 4 rings (SSSR count). The van der Waals surface area contributed by atoms with E-state index < -0.39 is 0 Å². The molecule has 5 heteroatoms. The van der Waals surface area contributed by atoms with Crippen molar-refractivity contribution in [2.75, 3.05) is 5.32 Å². The Balaban J connectivity index is 1.50. The number of pyridine rings is 1. The van der Waals surface area contributed by atoms with Gasteiger partial charge in [0.25, 0.3) is 5.91 Å². The van der Waals surface area contributed by atoms with Crippen LogP contribution in [0.1, 0.15) is 29.2 Å². The van der Waals surface area contributed by atoms with Crippen LogP contribution in [0.5, 0.6) is 0 Å². The lowest BCUT2D eigenvalue weighted by Gasteiger charge is -2.11. The van der Waals surface area contributed by atoms with Gasteiger partial charge < -0.3 is 9.88 Å². The number of rotatable bonds is 3. The van der Waals surface area contributed by atoms with Gasteiger partial charge in [-0.25, -0.2) is 4.98 Å². The number of benzene rings is 1. The summed E-state index contributed by atoms with van der Waals surface area (Å²) in [5.74, 6) is 0.963. The molecule has 2 aromatic heterocycles. The van der Waals surface area contributed by atoms with E-state index >= 15 is 0 Å². The average molecular weight is 318 g/mol. The van der Waals surface area contributed by atoms with Crippen molar-refractivity contribution in [2.45, 2.75) is 25.8 Å². The Hall–Kier alpha value is -2.95. The largest absolute Gasteiger partial charge is 0.334 e. The zero-order valence-corrected chi connectivity index (χ0v) is 13.3. The number of carbonyl (C=O) groups excluding carboxylic acids is 1. The van der Waals surface area contributed by atoms with E-state index in [0.29, 0.717) is 5.69 Å². The summed E-state index contributed by atoms with van der Waals surface area (Å²) in [6.07, 6.45) is 7.23. The first-order chi connectivity index (χ1) is 11.8. The molecule has 0 aliphatic carbocycles. The minimum Gasteiger partial charge on any atom is -0.334 e. The molecule has 0 unspecified atom stereocenters. The molecule has 0 atom stereocenters. The number of nitrogens with zero attached hydrogens (tertiary/aromatic N) is 3. The first kappa shape index (κ1) is 14.6. The highest BCUT2D eigenvalue weighted by molar-refractivity contribution is 6.02. The fraction of sp³-hybridized carbons (Fsp3) is 0.211. The van der Waals surface area contributed by atoms with Crippen molar-refractivity contribution in [3.63, 3.8) is 0 Å².